The molecule has 0 saturated carbocycles. The zero-order chi connectivity index (χ0) is 26.2. The maximum Gasteiger partial charge on any atom is 0.264 e. The second kappa shape index (κ2) is 9.80. The fourth-order valence-corrected chi connectivity index (χ4v) is 5.76. The van der Waals surface area contributed by atoms with Crippen LogP contribution < -0.4 is 14.4 Å². The first-order valence-electron chi connectivity index (χ1n) is 11.4. The molecule has 0 saturated heterocycles. The number of anilines is 2. The number of fused-ring (bicyclic) bond motifs is 3. The number of carbonyl (C=O) groups is 1. The van der Waals surface area contributed by atoms with Gasteiger partial charge in [0, 0.05) is 22.5 Å². The number of hydrogen-bond donors (Lipinski definition) is 1. The van der Waals surface area contributed by atoms with Crippen LogP contribution >= 0.6 is 11.6 Å². The predicted octanol–water partition coefficient (Wildman–Crippen LogP) is 6.39. The van der Waals surface area contributed by atoms with E-state index in [1.54, 1.807) is 36.4 Å². The number of nitrogens with zero attached hydrogens (tertiary/aromatic N) is 1. The maximum atomic E-state index is 13.6. The van der Waals surface area contributed by atoms with E-state index in [0.717, 1.165) is 26.2 Å². The molecule has 5 aromatic rings. The Hall–Kier alpha value is -4.01. The van der Waals surface area contributed by atoms with Crippen molar-refractivity contribution >= 4 is 60.8 Å². The first-order valence-corrected chi connectivity index (χ1v) is 13.2. The SMILES string of the molecule is COc1ccc(N(CC(=O)Nc2ccc3c(c2)oc2ccccc23)S(=O)(=O)c2ccc(C)cc2)cc1Cl. The van der Waals surface area contributed by atoms with Gasteiger partial charge in [-0.15, -0.1) is 0 Å². The van der Waals surface area contributed by atoms with Crippen LogP contribution in [0.3, 0.4) is 0 Å². The number of rotatable bonds is 7. The molecule has 37 heavy (non-hydrogen) atoms. The molecule has 0 bridgehead atoms. The van der Waals surface area contributed by atoms with Crippen LogP contribution in [-0.4, -0.2) is 28.0 Å². The molecule has 1 N–H and O–H groups in total. The van der Waals surface area contributed by atoms with Crippen LogP contribution in [0.4, 0.5) is 11.4 Å². The molecule has 0 radical (unpaired) electrons. The third-order valence-corrected chi connectivity index (χ3v) is 8.07. The maximum absolute atomic E-state index is 13.6. The largest absolute Gasteiger partial charge is 0.495 e. The van der Waals surface area contributed by atoms with Crippen LogP contribution in [0, 0.1) is 6.92 Å². The Morgan fingerprint density at radius 2 is 1.68 bits per heavy atom. The molecule has 1 heterocycles. The summed E-state index contributed by atoms with van der Waals surface area (Å²) in [5.41, 5.74) is 2.99. The van der Waals surface area contributed by atoms with Gasteiger partial charge >= 0.3 is 0 Å². The summed E-state index contributed by atoms with van der Waals surface area (Å²) in [6, 6.07) is 24.0. The summed E-state index contributed by atoms with van der Waals surface area (Å²) in [4.78, 5) is 13.2. The van der Waals surface area contributed by atoms with Gasteiger partial charge in [-0.1, -0.05) is 47.5 Å². The molecule has 1 amide bonds. The van der Waals surface area contributed by atoms with Gasteiger partial charge in [0.05, 0.1) is 22.7 Å². The standard InChI is InChI=1S/C28H23ClN2O5S/c1-18-7-11-21(12-8-18)37(33,34)31(20-10-14-26(35-2)24(29)16-20)17-28(32)30-19-9-13-23-22-5-3-4-6-25(22)36-27(23)15-19/h3-16H,17H2,1-2H3,(H,30,32). The number of nitrogens with one attached hydrogen (secondary N) is 1. The van der Waals surface area contributed by atoms with E-state index in [9.17, 15) is 13.2 Å². The highest BCUT2D eigenvalue weighted by Gasteiger charge is 2.28. The summed E-state index contributed by atoms with van der Waals surface area (Å²) in [5.74, 6) is -0.139. The number of benzene rings is 4. The van der Waals surface area contributed by atoms with Gasteiger partial charge in [-0.2, -0.15) is 0 Å². The van der Waals surface area contributed by atoms with Crippen molar-refractivity contribution in [3.63, 3.8) is 0 Å². The molecular formula is C28H23ClN2O5S. The number of ether oxygens (including phenoxy) is 1. The summed E-state index contributed by atoms with van der Waals surface area (Å²) in [6.07, 6.45) is 0. The van der Waals surface area contributed by atoms with Crippen molar-refractivity contribution in [2.75, 3.05) is 23.3 Å². The summed E-state index contributed by atoms with van der Waals surface area (Å²) in [6.45, 7) is 1.39. The number of halogens is 1. The van der Waals surface area contributed by atoms with E-state index in [1.165, 1.54) is 25.3 Å². The van der Waals surface area contributed by atoms with E-state index >= 15 is 0 Å². The van der Waals surface area contributed by atoms with Gasteiger partial charge in [0.1, 0.15) is 23.5 Å². The van der Waals surface area contributed by atoms with Crippen molar-refractivity contribution in [3.8, 4) is 5.75 Å². The average Bonchev–Trinajstić information content (AvgIpc) is 3.25. The monoisotopic (exact) mass is 534 g/mol. The van der Waals surface area contributed by atoms with Crippen molar-refractivity contribution in [1.29, 1.82) is 0 Å². The molecule has 0 atom stereocenters. The van der Waals surface area contributed by atoms with Crippen LogP contribution in [-0.2, 0) is 14.8 Å². The van der Waals surface area contributed by atoms with Crippen molar-refractivity contribution in [3.05, 3.63) is 95.5 Å². The second-order valence-electron chi connectivity index (χ2n) is 8.50. The minimum atomic E-state index is -4.09. The Kier molecular flexibility index (Phi) is 6.54. The van der Waals surface area contributed by atoms with Gasteiger partial charge < -0.3 is 14.5 Å². The first kappa shape index (κ1) is 24.7. The minimum absolute atomic E-state index is 0.0570. The van der Waals surface area contributed by atoms with E-state index < -0.39 is 22.5 Å². The van der Waals surface area contributed by atoms with Crippen molar-refractivity contribution in [2.45, 2.75) is 11.8 Å². The second-order valence-corrected chi connectivity index (χ2v) is 10.8. The highest BCUT2D eigenvalue weighted by atomic mass is 35.5. The molecule has 0 aliphatic heterocycles. The average molecular weight is 535 g/mol. The number of carbonyl (C=O) groups excluding carboxylic acids is 1. The number of hydrogen-bond acceptors (Lipinski definition) is 5. The number of furan rings is 1. The molecule has 1 aromatic heterocycles. The Morgan fingerprint density at radius 3 is 2.41 bits per heavy atom. The molecule has 0 fully saturated rings. The van der Waals surface area contributed by atoms with E-state index in [2.05, 4.69) is 5.32 Å². The topological polar surface area (TPSA) is 88.8 Å². The smallest absolute Gasteiger partial charge is 0.264 e. The first-order chi connectivity index (χ1) is 17.8. The highest BCUT2D eigenvalue weighted by molar-refractivity contribution is 7.92. The van der Waals surface area contributed by atoms with Gasteiger partial charge in [0.25, 0.3) is 10.0 Å². The van der Waals surface area contributed by atoms with Crippen LogP contribution in [0.25, 0.3) is 21.9 Å². The quantitative estimate of drug-likeness (QED) is 0.261. The molecule has 4 aromatic carbocycles. The molecule has 7 nitrogen and oxygen atoms in total. The fourth-order valence-electron chi connectivity index (χ4n) is 4.10. The third-order valence-electron chi connectivity index (χ3n) is 5.98. The lowest BCUT2D eigenvalue weighted by atomic mass is 10.1. The molecule has 0 unspecified atom stereocenters. The Bertz CT molecular complexity index is 1730. The summed E-state index contributed by atoms with van der Waals surface area (Å²) in [5, 5.41) is 4.90. The third kappa shape index (κ3) is 4.85. The molecular weight excluding hydrogens is 512 g/mol. The molecule has 0 aliphatic carbocycles. The van der Waals surface area contributed by atoms with E-state index in [0.29, 0.717) is 17.0 Å². The normalized spacial score (nSPS) is 11.5. The van der Waals surface area contributed by atoms with Gasteiger partial charge in [-0.3, -0.25) is 9.10 Å². The van der Waals surface area contributed by atoms with Gasteiger partial charge in [-0.05, 0) is 55.5 Å². The lowest BCUT2D eigenvalue weighted by molar-refractivity contribution is -0.114. The summed E-state index contributed by atoms with van der Waals surface area (Å²) in [7, 11) is -2.63. The number of para-hydroxylation sites is 1. The summed E-state index contributed by atoms with van der Waals surface area (Å²) >= 11 is 6.29. The van der Waals surface area contributed by atoms with Crippen molar-refractivity contribution < 1.29 is 22.4 Å². The van der Waals surface area contributed by atoms with Gasteiger partial charge in [0.15, 0.2) is 0 Å². The zero-order valence-corrected chi connectivity index (χ0v) is 21.6. The van der Waals surface area contributed by atoms with Crippen LogP contribution in [0.15, 0.2) is 94.2 Å². The molecule has 0 spiro atoms. The highest BCUT2D eigenvalue weighted by Crippen LogP contribution is 2.33. The van der Waals surface area contributed by atoms with Crippen molar-refractivity contribution in [1.82, 2.24) is 0 Å². The van der Waals surface area contributed by atoms with Crippen LogP contribution in [0.2, 0.25) is 5.02 Å². The molecule has 188 valence electrons. The molecule has 5 rings (SSSR count). The Balaban J connectivity index is 1.47. The summed E-state index contributed by atoms with van der Waals surface area (Å²) < 4.78 is 39.4. The lowest BCUT2D eigenvalue weighted by Crippen LogP contribution is -2.38. The number of amides is 1. The Morgan fingerprint density at radius 1 is 0.946 bits per heavy atom. The number of methoxy groups -OCH3 is 1. The molecule has 9 heteroatoms. The van der Waals surface area contributed by atoms with E-state index in [4.69, 9.17) is 20.8 Å². The van der Waals surface area contributed by atoms with Crippen LogP contribution in [0.5, 0.6) is 5.75 Å². The van der Waals surface area contributed by atoms with Gasteiger partial charge in [-0.25, -0.2) is 8.42 Å². The minimum Gasteiger partial charge on any atom is -0.495 e. The van der Waals surface area contributed by atoms with Crippen molar-refractivity contribution in [2.24, 2.45) is 0 Å². The van der Waals surface area contributed by atoms with E-state index in [-0.39, 0.29) is 15.6 Å². The van der Waals surface area contributed by atoms with Gasteiger partial charge in [0.2, 0.25) is 5.91 Å². The number of aryl methyl sites for hydroxylation is 1. The van der Waals surface area contributed by atoms with Crippen LogP contribution in [0.1, 0.15) is 5.56 Å². The number of sulfonamides is 1. The predicted molar refractivity (Wildman–Crippen MR) is 146 cm³/mol. The Labute approximate surface area is 219 Å². The lowest BCUT2D eigenvalue weighted by Gasteiger charge is -2.24. The molecule has 0 aliphatic rings. The zero-order valence-electron chi connectivity index (χ0n) is 20.1. The fraction of sp³-hybridized carbons (Fsp3) is 0.107. The van der Waals surface area contributed by atoms with E-state index in [1.807, 2.05) is 37.3 Å².